The highest BCUT2D eigenvalue weighted by molar-refractivity contribution is 5.85. The maximum Gasteiger partial charge on any atom is 0.220 e. The Labute approximate surface area is 152 Å². The number of hydrogen-bond acceptors (Lipinski definition) is 3. The van der Waals surface area contributed by atoms with Gasteiger partial charge in [-0.05, 0) is 51.4 Å². The van der Waals surface area contributed by atoms with E-state index in [0.29, 0.717) is 19.5 Å². The van der Waals surface area contributed by atoms with Crippen molar-refractivity contribution in [3.05, 3.63) is 35.4 Å². The molecule has 1 saturated heterocycles. The Hall–Kier alpha value is -0.810. The van der Waals surface area contributed by atoms with Gasteiger partial charge in [-0.2, -0.15) is 0 Å². The Balaban J connectivity index is 0.00000242. The Morgan fingerprint density at radius 3 is 2.39 bits per heavy atom. The highest BCUT2D eigenvalue weighted by atomic mass is 35.5. The van der Waals surface area contributed by atoms with E-state index in [9.17, 15) is 4.79 Å². The van der Waals surface area contributed by atoms with Crippen LogP contribution in [-0.2, 0) is 4.79 Å². The fourth-order valence-electron chi connectivity index (χ4n) is 2.86. The minimum atomic E-state index is 0. The van der Waals surface area contributed by atoms with Crippen molar-refractivity contribution in [2.24, 2.45) is 5.73 Å². The second-order valence-corrected chi connectivity index (χ2v) is 5.87. The van der Waals surface area contributed by atoms with Gasteiger partial charge in [-0.15, -0.1) is 24.8 Å². The third-order valence-corrected chi connectivity index (χ3v) is 4.14. The van der Waals surface area contributed by atoms with Crippen LogP contribution in [0.15, 0.2) is 24.3 Å². The molecule has 1 unspecified atom stereocenters. The van der Waals surface area contributed by atoms with Gasteiger partial charge in [0, 0.05) is 13.0 Å². The molecule has 0 radical (unpaired) electrons. The average molecular weight is 362 g/mol. The standard InChI is InChI=1S/C17H27N3O.2ClH/c1-14-6-8-15(9-7-14)16(20-11-2-3-12-20)13-19-17(21)5-4-10-18;;/h6-9,16H,2-5,10-13,18H2,1H3,(H,19,21);2*1H. The first-order valence-electron chi connectivity index (χ1n) is 7.98. The molecule has 2 rings (SSSR count). The molecule has 4 nitrogen and oxygen atoms in total. The van der Waals surface area contributed by atoms with E-state index in [0.717, 1.165) is 19.5 Å². The molecule has 0 bridgehead atoms. The molecule has 6 heteroatoms. The molecular weight excluding hydrogens is 333 g/mol. The van der Waals surface area contributed by atoms with Crippen LogP contribution < -0.4 is 11.1 Å². The summed E-state index contributed by atoms with van der Waals surface area (Å²) in [7, 11) is 0. The molecule has 0 spiro atoms. The summed E-state index contributed by atoms with van der Waals surface area (Å²) in [6, 6.07) is 8.95. The number of nitrogens with one attached hydrogen (secondary N) is 1. The first-order chi connectivity index (χ1) is 10.2. The van der Waals surface area contributed by atoms with Gasteiger partial charge in [0.15, 0.2) is 0 Å². The predicted molar refractivity (Wildman–Crippen MR) is 101 cm³/mol. The number of carbonyl (C=O) groups excluding carboxylic acids is 1. The smallest absolute Gasteiger partial charge is 0.220 e. The maximum atomic E-state index is 11.8. The molecule has 132 valence electrons. The topological polar surface area (TPSA) is 58.4 Å². The lowest BCUT2D eigenvalue weighted by atomic mass is 10.0. The van der Waals surface area contributed by atoms with Crippen molar-refractivity contribution in [2.45, 2.75) is 38.6 Å². The van der Waals surface area contributed by atoms with Crippen LogP contribution in [0.4, 0.5) is 0 Å². The summed E-state index contributed by atoms with van der Waals surface area (Å²) in [6.45, 7) is 5.60. The molecule has 0 saturated carbocycles. The summed E-state index contributed by atoms with van der Waals surface area (Å²) in [5, 5.41) is 3.07. The van der Waals surface area contributed by atoms with E-state index in [4.69, 9.17) is 5.73 Å². The fourth-order valence-corrected chi connectivity index (χ4v) is 2.86. The summed E-state index contributed by atoms with van der Waals surface area (Å²) in [5.41, 5.74) is 8.01. The van der Waals surface area contributed by atoms with Crippen LogP contribution in [0.3, 0.4) is 0 Å². The van der Waals surface area contributed by atoms with Gasteiger partial charge in [0.25, 0.3) is 0 Å². The SMILES string of the molecule is Cc1ccc(C(CNC(=O)CCCN)N2CCCC2)cc1.Cl.Cl. The summed E-state index contributed by atoms with van der Waals surface area (Å²) < 4.78 is 0. The van der Waals surface area contributed by atoms with Gasteiger partial charge in [0.1, 0.15) is 0 Å². The number of rotatable bonds is 7. The van der Waals surface area contributed by atoms with Crippen LogP contribution in [0.2, 0.25) is 0 Å². The molecule has 23 heavy (non-hydrogen) atoms. The number of aryl methyl sites for hydroxylation is 1. The first kappa shape index (κ1) is 22.2. The summed E-state index contributed by atoms with van der Waals surface area (Å²) in [5.74, 6) is 0.108. The third-order valence-electron chi connectivity index (χ3n) is 4.14. The molecule has 3 N–H and O–H groups in total. The largest absolute Gasteiger partial charge is 0.354 e. The van der Waals surface area contributed by atoms with E-state index in [-0.39, 0.29) is 36.8 Å². The molecule has 1 heterocycles. The van der Waals surface area contributed by atoms with Crippen LogP contribution in [0.1, 0.15) is 42.9 Å². The van der Waals surface area contributed by atoms with Gasteiger partial charge in [-0.25, -0.2) is 0 Å². The van der Waals surface area contributed by atoms with Gasteiger partial charge < -0.3 is 11.1 Å². The van der Waals surface area contributed by atoms with Gasteiger partial charge in [0.2, 0.25) is 5.91 Å². The minimum absolute atomic E-state index is 0. The number of hydrogen-bond donors (Lipinski definition) is 2. The molecule has 0 aromatic heterocycles. The van der Waals surface area contributed by atoms with E-state index in [1.165, 1.54) is 24.0 Å². The van der Waals surface area contributed by atoms with Crippen molar-refractivity contribution >= 4 is 30.7 Å². The van der Waals surface area contributed by atoms with Crippen molar-refractivity contribution < 1.29 is 4.79 Å². The number of carbonyl (C=O) groups is 1. The van der Waals surface area contributed by atoms with E-state index in [1.54, 1.807) is 0 Å². The Morgan fingerprint density at radius 2 is 1.83 bits per heavy atom. The fraction of sp³-hybridized carbons (Fsp3) is 0.588. The van der Waals surface area contributed by atoms with Crippen molar-refractivity contribution in [1.29, 1.82) is 0 Å². The number of amides is 1. The molecule has 1 aliphatic rings. The maximum absolute atomic E-state index is 11.8. The van der Waals surface area contributed by atoms with Crippen molar-refractivity contribution in [3.63, 3.8) is 0 Å². The number of nitrogens with two attached hydrogens (primary N) is 1. The highest BCUT2D eigenvalue weighted by Crippen LogP contribution is 2.24. The molecule has 1 aromatic rings. The van der Waals surface area contributed by atoms with Crippen molar-refractivity contribution in [3.8, 4) is 0 Å². The Morgan fingerprint density at radius 1 is 1.22 bits per heavy atom. The highest BCUT2D eigenvalue weighted by Gasteiger charge is 2.23. The zero-order valence-corrected chi connectivity index (χ0v) is 15.4. The lowest BCUT2D eigenvalue weighted by Crippen LogP contribution is -2.36. The zero-order valence-electron chi connectivity index (χ0n) is 13.8. The predicted octanol–water partition coefficient (Wildman–Crippen LogP) is 2.83. The van der Waals surface area contributed by atoms with Crippen LogP contribution in [-0.4, -0.2) is 37.0 Å². The summed E-state index contributed by atoms with van der Waals surface area (Å²) >= 11 is 0. The first-order valence-corrected chi connectivity index (χ1v) is 7.98. The van der Waals surface area contributed by atoms with Crippen LogP contribution in [0, 0.1) is 6.92 Å². The second-order valence-electron chi connectivity index (χ2n) is 5.87. The van der Waals surface area contributed by atoms with E-state index in [1.807, 2.05) is 0 Å². The molecule has 1 fully saturated rings. The second kappa shape index (κ2) is 11.7. The quantitative estimate of drug-likeness (QED) is 0.784. The number of nitrogens with zero attached hydrogens (tertiary/aromatic N) is 1. The molecule has 0 aliphatic carbocycles. The third kappa shape index (κ3) is 7.08. The van der Waals surface area contributed by atoms with E-state index in [2.05, 4.69) is 41.4 Å². The van der Waals surface area contributed by atoms with Gasteiger partial charge in [0.05, 0.1) is 6.04 Å². The van der Waals surface area contributed by atoms with Crippen LogP contribution in [0.25, 0.3) is 0 Å². The van der Waals surface area contributed by atoms with Crippen molar-refractivity contribution in [2.75, 3.05) is 26.2 Å². The summed E-state index contributed by atoms with van der Waals surface area (Å²) in [4.78, 5) is 14.3. The van der Waals surface area contributed by atoms with Gasteiger partial charge in [-0.3, -0.25) is 9.69 Å². The molecule has 1 aromatic carbocycles. The molecule has 1 amide bonds. The molecule has 1 atom stereocenters. The summed E-state index contributed by atoms with van der Waals surface area (Å²) in [6.07, 6.45) is 3.79. The normalized spacial score (nSPS) is 15.4. The molecule has 1 aliphatic heterocycles. The number of likely N-dealkylation sites (tertiary alicyclic amines) is 1. The Kier molecular flexibility index (Phi) is 11.3. The lowest BCUT2D eigenvalue weighted by Gasteiger charge is -2.28. The number of benzene rings is 1. The minimum Gasteiger partial charge on any atom is -0.354 e. The Bertz CT molecular complexity index is 448. The van der Waals surface area contributed by atoms with Gasteiger partial charge in [-0.1, -0.05) is 29.8 Å². The zero-order chi connectivity index (χ0) is 15.1. The average Bonchev–Trinajstić information content (AvgIpc) is 3.01. The lowest BCUT2D eigenvalue weighted by molar-refractivity contribution is -0.121. The van der Waals surface area contributed by atoms with E-state index >= 15 is 0 Å². The van der Waals surface area contributed by atoms with Crippen LogP contribution >= 0.6 is 24.8 Å². The van der Waals surface area contributed by atoms with Crippen molar-refractivity contribution in [1.82, 2.24) is 10.2 Å². The monoisotopic (exact) mass is 361 g/mol. The van der Waals surface area contributed by atoms with Crippen LogP contribution in [0.5, 0.6) is 0 Å². The number of halogens is 2. The van der Waals surface area contributed by atoms with E-state index < -0.39 is 0 Å². The molecular formula is C17H29Cl2N3O. The van der Waals surface area contributed by atoms with Gasteiger partial charge >= 0.3 is 0 Å².